The van der Waals surface area contributed by atoms with Gasteiger partial charge in [-0.1, -0.05) is 36.4 Å². The fraction of sp³-hybridized carbons (Fsp3) is 0.350. The minimum atomic E-state index is 0.488. The van der Waals surface area contributed by atoms with Gasteiger partial charge in [0.1, 0.15) is 12.4 Å². The number of amides is 1. The molecule has 0 radical (unpaired) electrons. The summed E-state index contributed by atoms with van der Waals surface area (Å²) in [5.74, 6) is 0.705. The molecule has 0 unspecified atom stereocenters. The molecule has 1 saturated heterocycles. The first-order valence-electron chi connectivity index (χ1n) is 8.57. The molecule has 4 nitrogen and oxygen atoms in total. The Bertz CT molecular complexity index is 652. The molecule has 1 N–H and O–H groups in total. The average Bonchev–Trinajstić information content (AvgIpc) is 3.14. The molecule has 126 valence electrons. The second-order valence-corrected chi connectivity index (χ2v) is 6.17. The molecule has 0 saturated carbocycles. The first-order chi connectivity index (χ1) is 11.8. The molecule has 0 atom stereocenters. The topological polar surface area (TPSA) is 41.6 Å². The van der Waals surface area contributed by atoms with Gasteiger partial charge < -0.3 is 15.0 Å². The fourth-order valence-electron chi connectivity index (χ4n) is 3.06. The number of carbonyl (C=O) groups is 1. The van der Waals surface area contributed by atoms with Crippen molar-refractivity contribution in [1.82, 2.24) is 4.90 Å². The Kier molecular flexibility index (Phi) is 5.85. The number of nitrogens with zero attached hydrogens (tertiary/aromatic N) is 1. The van der Waals surface area contributed by atoms with E-state index >= 15 is 0 Å². The summed E-state index contributed by atoms with van der Waals surface area (Å²) in [6.45, 7) is 3.97. The van der Waals surface area contributed by atoms with Crippen LogP contribution in [0.15, 0.2) is 48.5 Å². The lowest BCUT2D eigenvalue weighted by molar-refractivity contribution is -0.105. The highest BCUT2D eigenvalue weighted by Crippen LogP contribution is 2.27. The molecule has 0 spiro atoms. The normalized spacial score (nSPS) is 14.5. The largest absolute Gasteiger partial charge is 0.487 e. The van der Waals surface area contributed by atoms with E-state index in [1.54, 1.807) is 0 Å². The summed E-state index contributed by atoms with van der Waals surface area (Å²) < 4.78 is 5.88. The molecule has 4 heteroatoms. The number of rotatable bonds is 8. The van der Waals surface area contributed by atoms with Crippen LogP contribution in [0.3, 0.4) is 0 Å². The number of likely N-dealkylation sites (tertiary alicyclic amines) is 1. The molecule has 0 aromatic heterocycles. The third-order valence-corrected chi connectivity index (χ3v) is 4.41. The van der Waals surface area contributed by atoms with E-state index in [0.717, 1.165) is 24.2 Å². The molecule has 1 amide bonds. The van der Waals surface area contributed by atoms with Crippen molar-refractivity contribution in [2.75, 3.05) is 25.0 Å². The summed E-state index contributed by atoms with van der Waals surface area (Å²) >= 11 is 0. The lowest BCUT2D eigenvalue weighted by Crippen LogP contribution is -2.21. The lowest BCUT2D eigenvalue weighted by atomic mass is 10.1. The highest BCUT2D eigenvalue weighted by atomic mass is 16.5. The molecule has 0 bridgehead atoms. The van der Waals surface area contributed by atoms with Crippen LogP contribution in [0.25, 0.3) is 0 Å². The molecule has 1 aliphatic rings. The Hall–Kier alpha value is -2.33. The zero-order valence-electron chi connectivity index (χ0n) is 13.9. The van der Waals surface area contributed by atoms with Crippen LogP contribution in [0.5, 0.6) is 5.75 Å². The molecule has 1 heterocycles. The maximum Gasteiger partial charge on any atom is 0.211 e. The van der Waals surface area contributed by atoms with Crippen LogP contribution in [0, 0.1) is 0 Å². The summed E-state index contributed by atoms with van der Waals surface area (Å²) in [6, 6.07) is 16.1. The van der Waals surface area contributed by atoms with Gasteiger partial charge in [-0.25, -0.2) is 0 Å². The molecular formula is C20H24N2O2. The van der Waals surface area contributed by atoms with Gasteiger partial charge in [0.25, 0.3) is 0 Å². The maximum absolute atomic E-state index is 10.9. The first-order valence-corrected chi connectivity index (χ1v) is 8.57. The number of nitrogens with one attached hydrogen (secondary N) is 1. The van der Waals surface area contributed by atoms with E-state index in [-0.39, 0.29) is 0 Å². The van der Waals surface area contributed by atoms with E-state index in [1.165, 1.54) is 31.5 Å². The minimum absolute atomic E-state index is 0.488. The molecule has 2 aromatic rings. The average molecular weight is 324 g/mol. The zero-order valence-corrected chi connectivity index (χ0v) is 13.9. The Morgan fingerprint density at radius 3 is 2.58 bits per heavy atom. The van der Waals surface area contributed by atoms with Crippen molar-refractivity contribution in [3.8, 4) is 5.75 Å². The van der Waals surface area contributed by atoms with Gasteiger partial charge in [0.2, 0.25) is 6.41 Å². The lowest BCUT2D eigenvalue weighted by Gasteiger charge is -2.16. The van der Waals surface area contributed by atoms with Gasteiger partial charge in [-0.3, -0.25) is 4.79 Å². The van der Waals surface area contributed by atoms with Gasteiger partial charge in [-0.2, -0.15) is 0 Å². The number of anilines is 1. The molecule has 24 heavy (non-hydrogen) atoms. The van der Waals surface area contributed by atoms with Gasteiger partial charge in [-0.05, 0) is 55.6 Å². The van der Waals surface area contributed by atoms with E-state index in [1.807, 2.05) is 42.5 Å². The molecule has 2 aromatic carbocycles. The van der Waals surface area contributed by atoms with Crippen LogP contribution in [0.1, 0.15) is 24.0 Å². The van der Waals surface area contributed by atoms with Gasteiger partial charge in [-0.15, -0.1) is 0 Å². The number of carbonyl (C=O) groups excluding carboxylic acids is 1. The fourth-order valence-corrected chi connectivity index (χ4v) is 3.06. The third kappa shape index (κ3) is 4.59. The van der Waals surface area contributed by atoms with E-state index < -0.39 is 0 Å². The number of ether oxygens (including phenoxy) is 1. The van der Waals surface area contributed by atoms with Crippen LogP contribution in [0.2, 0.25) is 0 Å². The van der Waals surface area contributed by atoms with E-state index in [4.69, 9.17) is 4.74 Å². The van der Waals surface area contributed by atoms with Crippen LogP contribution in [-0.2, 0) is 17.8 Å². The Balaban J connectivity index is 1.63. The summed E-state index contributed by atoms with van der Waals surface area (Å²) in [4.78, 5) is 13.4. The van der Waals surface area contributed by atoms with E-state index in [9.17, 15) is 4.79 Å². The van der Waals surface area contributed by atoms with Crippen LogP contribution in [0.4, 0.5) is 5.69 Å². The third-order valence-electron chi connectivity index (χ3n) is 4.41. The highest BCUT2D eigenvalue weighted by molar-refractivity contribution is 5.75. The Morgan fingerprint density at radius 2 is 1.83 bits per heavy atom. The Labute approximate surface area is 143 Å². The van der Waals surface area contributed by atoms with Crippen LogP contribution < -0.4 is 10.1 Å². The monoisotopic (exact) mass is 324 g/mol. The van der Waals surface area contributed by atoms with E-state index in [0.29, 0.717) is 18.8 Å². The molecule has 1 fully saturated rings. The predicted molar refractivity (Wildman–Crippen MR) is 96.3 cm³/mol. The standard InChI is InChI=1S/C20H24N2O2/c23-16-21-19-14-17(10-13-22-11-4-5-12-22)8-9-20(19)24-15-18-6-2-1-3-7-18/h1-3,6-9,14,16H,4-5,10-13,15H2,(H,21,23). The van der Waals surface area contributed by atoms with Crippen molar-refractivity contribution in [1.29, 1.82) is 0 Å². The maximum atomic E-state index is 10.9. The second kappa shape index (κ2) is 8.50. The van der Waals surface area contributed by atoms with Crippen molar-refractivity contribution in [2.45, 2.75) is 25.9 Å². The van der Waals surface area contributed by atoms with Gasteiger partial charge in [0.05, 0.1) is 5.69 Å². The predicted octanol–water partition coefficient (Wildman–Crippen LogP) is 3.47. The van der Waals surface area contributed by atoms with Crippen molar-refractivity contribution in [3.05, 3.63) is 59.7 Å². The summed E-state index contributed by atoms with van der Waals surface area (Å²) in [7, 11) is 0. The number of benzene rings is 2. The van der Waals surface area contributed by atoms with Crippen molar-refractivity contribution >= 4 is 12.1 Å². The molecular weight excluding hydrogens is 300 g/mol. The quantitative estimate of drug-likeness (QED) is 0.756. The smallest absolute Gasteiger partial charge is 0.211 e. The summed E-state index contributed by atoms with van der Waals surface area (Å²) in [5.41, 5.74) is 3.06. The van der Waals surface area contributed by atoms with Crippen molar-refractivity contribution < 1.29 is 9.53 Å². The van der Waals surface area contributed by atoms with Crippen LogP contribution in [-0.4, -0.2) is 30.9 Å². The molecule has 0 aliphatic carbocycles. The number of hydrogen-bond donors (Lipinski definition) is 1. The highest BCUT2D eigenvalue weighted by Gasteiger charge is 2.12. The summed E-state index contributed by atoms with van der Waals surface area (Å²) in [6.07, 6.45) is 4.32. The van der Waals surface area contributed by atoms with Crippen molar-refractivity contribution in [2.24, 2.45) is 0 Å². The zero-order chi connectivity index (χ0) is 16.6. The number of hydrogen-bond acceptors (Lipinski definition) is 3. The van der Waals surface area contributed by atoms with Crippen LogP contribution >= 0.6 is 0 Å². The summed E-state index contributed by atoms with van der Waals surface area (Å²) in [5, 5.41) is 2.76. The minimum Gasteiger partial charge on any atom is -0.487 e. The first kappa shape index (κ1) is 16.5. The second-order valence-electron chi connectivity index (χ2n) is 6.17. The van der Waals surface area contributed by atoms with Gasteiger partial charge >= 0.3 is 0 Å². The van der Waals surface area contributed by atoms with E-state index in [2.05, 4.69) is 16.3 Å². The molecule has 3 rings (SSSR count). The Morgan fingerprint density at radius 1 is 1.04 bits per heavy atom. The SMILES string of the molecule is O=CNc1cc(CCN2CCCC2)ccc1OCc1ccccc1. The van der Waals surface area contributed by atoms with Crippen molar-refractivity contribution in [3.63, 3.8) is 0 Å². The molecule has 1 aliphatic heterocycles. The van der Waals surface area contributed by atoms with Gasteiger partial charge in [0.15, 0.2) is 0 Å². The van der Waals surface area contributed by atoms with Gasteiger partial charge in [0, 0.05) is 6.54 Å².